The van der Waals surface area contributed by atoms with Crippen molar-refractivity contribution < 1.29 is 9.53 Å². The van der Waals surface area contributed by atoms with Crippen molar-refractivity contribution in [3.8, 4) is 0 Å². The van der Waals surface area contributed by atoms with Gasteiger partial charge in [0.05, 0.1) is 5.92 Å². The lowest BCUT2D eigenvalue weighted by molar-refractivity contribution is -0.157. The van der Waals surface area contributed by atoms with Crippen LogP contribution >= 0.6 is 0 Å². The lowest BCUT2D eigenvalue weighted by atomic mass is 9.80. The molecule has 2 rings (SSSR count). The van der Waals surface area contributed by atoms with Crippen molar-refractivity contribution in [1.29, 1.82) is 0 Å². The molecule has 2 saturated carbocycles. The molecule has 0 N–H and O–H groups in total. The van der Waals surface area contributed by atoms with Gasteiger partial charge in [-0.1, -0.05) is 18.2 Å². The molecule has 23 heavy (non-hydrogen) atoms. The molecule has 0 atom stereocenters. The van der Waals surface area contributed by atoms with Gasteiger partial charge in [0.15, 0.2) is 0 Å². The molecule has 130 valence electrons. The number of rotatable bonds is 7. The first-order chi connectivity index (χ1) is 11.2. The topological polar surface area (TPSA) is 26.3 Å². The highest BCUT2D eigenvalue weighted by Gasteiger charge is 2.30. The molecule has 2 fully saturated rings. The molecule has 0 saturated heterocycles. The monoisotopic (exact) mass is 318 g/mol. The molecule has 0 bridgehead atoms. The number of carbonyl (C=O) groups is 1. The van der Waals surface area contributed by atoms with Crippen LogP contribution in [0.5, 0.6) is 0 Å². The predicted octanol–water partition coefficient (Wildman–Crippen LogP) is 5.83. The Bertz CT molecular complexity index is 383. The van der Waals surface area contributed by atoms with E-state index in [1.165, 1.54) is 38.5 Å². The second-order valence-corrected chi connectivity index (χ2v) is 7.47. The maximum atomic E-state index is 12.4. The Balaban J connectivity index is 1.65. The third-order valence-electron chi connectivity index (χ3n) is 5.74. The highest BCUT2D eigenvalue weighted by Crippen LogP contribution is 2.34. The van der Waals surface area contributed by atoms with Gasteiger partial charge in [-0.15, -0.1) is 6.58 Å². The first-order valence-corrected chi connectivity index (χ1v) is 9.65. The average molecular weight is 319 g/mol. The van der Waals surface area contributed by atoms with Gasteiger partial charge in [0.1, 0.15) is 6.10 Å². The van der Waals surface area contributed by atoms with Gasteiger partial charge >= 0.3 is 5.97 Å². The zero-order chi connectivity index (χ0) is 16.5. The number of esters is 1. The van der Waals surface area contributed by atoms with E-state index in [2.05, 4.69) is 25.7 Å². The van der Waals surface area contributed by atoms with Crippen LogP contribution in [0.3, 0.4) is 0 Å². The molecule has 0 heterocycles. The fourth-order valence-electron chi connectivity index (χ4n) is 4.11. The number of ether oxygens (including phenoxy) is 1. The molecular weight excluding hydrogens is 284 g/mol. The summed E-state index contributed by atoms with van der Waals surface area (Å²) >= 11 is 0. The Hall–Kier alpha value is -1.05. The van der Waals surface area contributed by atoms with Crippen molar-refractivity contribution in [1.82, 2.24) is 0 Å². The second kappa shape index (κ2) is 9.95. The first kappa shape index (κ1) is 18.3. The minimum absolute atomic E-state index is 0.0871. The second-order valence-electron chi connectivity index (χ2n) is 7.47. The van der Waals surface area contributed by atoms with Crippen molar-refractivity contribution in [2.75, 3.05) is 0 Å². The van der Waals surface area contributed by atoms with Crippen molar-refractivity contribution in [3.63, 3.8) is 0 Å². The Morgan fingerprint density at radius 1 is 1.04 bits per heavy atom. The van der Waals surface area contributed by atoms with E-state index in [1.807, 2.05) is 6.08 Å². The highest BCUT2D eigenvalue weighted by atomic mass is 16.5. The van der Waals surface area contributed by atoms with Crippen molar-refractivity contribution in [3.05, 3.63) is 24.8 Å². The van der Waals surface area contributed by atoms with Crippen molar-refractivity contribution in [2.45, 2.75) is 83.7 Å². The minimum Gasteiger partial charge on any atom is -0.462 e. The van der Waals surface area contributed by atoms with Crippen LogP contribution in [-0.2, 0) is 9.53 Å². The molecular formula is C21H34O2. The summed E-state index contributed by atoms with van der Waals surface area (Å²) in [4.78, 5) is 12.4. The van der Waals surface area contributed by atoms with Crippen LogP contribution in [0.15, 0.2) is 24.8 Å². The summed E-state index contributed by atoms with van der Waals surface area (Å²) in [6.07, 6.45) is 19.1. The normalized spacial score (nSPS) is 31.9. The van der Waals surface area contributed by atoms with E-state index >= 15 is 0 Å². The van der Waals surface area contributed by atoms with Gasteiger partial charge in [-0.3, -0.25) is 4.79 Å². The van der Waals surface area contributed by atoms with Gasteiger partial charge in [0, 0.05) is 0 Å². The Morgan fingerprint density at radius 2 is 1.70 bits per heavy atom. The number of allylic oxidation sites excluding steroid dienone is 3. The van der Waals surface area contributed by atoms with E-state index in [1.54, 1.807) is 0 Å². The van der Waals surface area contributed by atoms with Crippen LogP contribution < -0.4 is 0 Å². The molecule has 0 aromatic heterocycles. The molecule has 2 heteroatoms. The molecule has 0 aliphatic heterocycles. The Morgan fingerprint density at radius 3 is 2.30 bits per heavy atom. The van der Waals surface area contributed by atoms with Gasteiger partial charge in [0.2, 0.25) is 0 Å². The number of carbonyl (C=O) groups excluding carboxylic acids is 1. The fourth-order valence-corrected chi connectivity index (χ4v) is 4.11. The van der Waals surface area contributed by atoms with Gasteiger partial charge in [-0.05, 0) is 89.4 Å². The predicted molar refractivity (Wildman–Crippen MR) is 96.1 cm³/mol. The van der Waals surface area contributed by atoms with E-state index in [9.17, 15) is 4.79 Å². The molecule has 2 nitrogen and oxygen atoms in total. The van der Waals surface area contributed by atoms with E-state index in [4.69, 9.17) is 4.74 Å². The fraction of sp³-hybridized carbons (Fsp3) is 0.762. The lowest BCUT2D eigenvalue weighted by Crippen LogP contribution is -2.30. The molecule has 0 radical (unpaired) electrons. The summed E-state index contributed by atoms with van der Waals surface area (Å²) in [6, 6.07) is 0. The minimum atomic E-state index is 0.0871. The lowest BCUT2D eigenvalue weighted by Gasteiger charge is -2.31. The van der Waals surface area contributed by atoms with Gasteiger partial charge in [-0.2, -0.15) is 0 Å². The Kier molecular flexibility index (Phi) is 7.91. The SMILES string of the molecule is C=CCCC1CCC(C(=O)OC2CCC(C/C=C/C)CC2)CC1. The Labute approximate surface area is 142 Å². The van der Waals surface area contributed by atoms with Crippen molar-refractivity contribution in [2.24, 2.45) is 17.8 Å². The zero-order valence-corrected chi connectivity index (χ0v) is 14.8. The average Bonchev–Trinajstić information content (AvgIpc) is 2.59. The first-order valence-electron chi connectivity index (χ1n) is 9.65. The number of hydrogen-bond acceptors (Lipinski definition) is 2. The summed E-state index contributed by atoms with van der Waals surface area (Å²) in [6.45, 7) is 5.88. The van der Waals surface area contributed by atoms with Crippen LogP contribution in [0.2, 0.25) is 0 Å². The molecule has 0 aromatic carbocycles. The molecule has 0 unspecified atom stereocenters. The van der Waals surface area contributed by atoms with Crippen LogP contribution in [0, 0.1) is 17.8 Å². The van der Waals surface area contributed by atoms with Crippen LogP contribution in [0.25, 0.3) is 0 Å². The maximum absolute atomic E-state index is 12.4. The van der Waals surface area contributed by atoms with Gasteiger partial charge in [0.25, 0.3) is 0 Å². The summed E-state index contributed by atoms with van der Waals surface area (Å²) in [5.41, 5.74) is 0. The third kappa shape index (κ3) is 6.16. The molecule has 2 aliphatic carbocycles. The van der Waals surface area contributed by atoms with E-state index < -0.39 is 0 Å². The van der Waals surface area contributed by atoms with Crippen LogP contribution in [0.4, 0.5) is 0 Å². The largest absolute Gasteiger partial charge is 0.462 e. The van der Waals surface area contributed by atoms with Crippen molar-refractivity contribution >= 4 is 5.97 Å². The maximum Gasteiger partial charge on any atom is 0.309 e. The summed E-state index contributed by atoms with van der Waals surface area (Å²) in [5.74, 6) is 1.83. The van der Waals surface area contributed by atoms with Crippen LogP contribution in [0.1, 0.15) is 77.6 Å². The van der Waals surface area contributed by atoms with E-state index in [0.29, 0.717) is 0 Å². The number of hydrogen-bond donors (Lipinski definition) is 0. The van der Waals surface area contributed by atoms with Gasteiger partial charge < -0.3 is 4.74 Å². The summed E-state index contributed by atoms with van der Waals surface area (Å²) in [7, 11) is 0. The van der Waals surface area contributed by atoms with E-state index in [-0.39, 0.29) is 18.0 Å². The summed E-state index contributed by atoms with van der Waals surface area (Å²) in [5, 5.41) is 0. The molecule has 2 aliphatic rings. The highest BCUT2D eigenvalue weighted by molar-refractivity contribution is 5.72. The van der Waals surface area contributed by atoms with E-state index in [0.717, 1.165) is 43.9 Å². The standard InChI is InChI=1S/C21H34O2/c1-3-5-7-17-9-13-19(14-10-17)21(22)23-20-15-11-18(12-16-20)8-6-4-2/h3-4,6,17-20H,1,5,7-16H2,2H3/b6-4+. The quantitative estimate of drug-likeness (QED) is 0.436. The summed E-state index contributed by atoms with van der Waals surface area (Å²) < 4.78 is 5.83. The molecule has 0 aromatic rings. The van der Waals surface area contributed by atoms with Gasteiger partial charge in [-0.25, -0.2) is 0 Å². The molecule has 0 spiro atoms. The zero-order valence-electron chi connectivity index (χ0n) is 14.8. The van der Waals surface area contributed by atoms with Crippen LogP contribution in [-0.4, -0.2) is 12.1 Å². The smallest absolute Gasteiger partial charge is 0.309 e. The third-order valence-corrected chi connectivity index (χ3v) is 5.74. The molecule has 0 amide bonds.